The maximum absolute atomic E-state index is 13.2. The number of thiophene rings is 1. The van der Waals surface area contributed by atoms with E-state index in [0.717, 1.165) is 53.7 Å². The Morgan fingerprint density at radius 3 is 2.78 bits per heavy atom. The van der Waals surface area contributed by atoms with Crippen molar-refractivity contribution >= 4 is 33.7 Å². The second kappa shape index (κ2) is 7.75. The number of benzene rings is 2. The highest BCUT2D eigenvalue weighted by Gasteiger charge is 2.27. The van der Waals surface area contributed by atoms with E-state index in [1.807, 2.05) is 36.4 Å². The van der Waals surface area contributed by atoms with Gasteiger partial charge in [0, 0.05) is 24.6 Å². The third-order valence-corrected chi connectivity index (χ3v) is 6.42. The van der Waals surface area contributed by atoms with Crippen molar-refractivity contribution in [1.29, 1.82) is 0 Å². The van der Waals surface area contributed by atoms with E-state index in [-0.39, 0.29) is 17.5 Å². The number of hydrogen-bond acceptors (Lipinski definition) is 4. The van der Waals surface area contributed by atoms with E-state index in [2.05, 4.69) is 22.4 Å². The van der Waals surface area contributed by atoms with Gasteiger partial charge in [-0.1, -0.05) is 42.5 Å². The first-order valence-electron chi connectivity index (χ1n) is 9.44. The van der Waals surface area contributed by atoms with Crippen LogP contribution in [0.1, 0.15) is 45.4 Å². The number of nitrogens with zero attached hydrogens (tertiary/aromatic N) is 1. The summed E-state index contributed by atoms with van der Waals surface area (Å²) in [7, 11) is 0. The van der Waals surface area contributed by atoms with Crippen LogP contribution in [0, 0.1) is 5.92 Å². The maximum atomic E-state index is 13.2. The summed E-state index contributed by atoms with van der Waals surface area (Å²) < 4.78 is 0. The van der Waals surface area contributed by atoms with Crippen LogP contribution in [-0.2, 0) is 6.54 Å². The summed E-state index contributed by atoms with van der Waals surface area (Å²) in [5.41, 5.74) is 2.01. The van der Waals surface area contributed by atoms with Gasteiger partial charge in [0.1, 0.15) is 0 Å². The molecule has 1 aliphatic rings. The lowest BCUT2D eigenvalue weighted by atomic mass is 9.88. The average Bonchev–Trinajstić information content (AvgIpc) is 3.16. The molecule has 0 aliphatic carbocycles. The van der Waals surface area contributed by atoms with Crippen molar-refractivity contribution < 1.29 is 9.59 Å². The van der Waals surface area contributed by atoms with Crippen molar-refractivity contribution in [3.63, 3.8) is 0 Å². The molecule has 0 radical (unpaired) electrons. The minimum absolute atomic E-state index is 0.0375. The monoisotopic (exact) mass is 377 g/mol. The van der Waals surface area contributed by atoms with E-state index in [1.165, 1.54) is 16.9 Å². The van der Waals surface area contributed by atoms with Crippen LogP contribution >= 0.6 is 11.3 Å². The fourth-order valence-corrected chi connectivity index (χ4v) is 4.78. The summed E-state index contributed by atoms with van der Waals surface area (Å²) in [6, 6.07) is 16.1. The lowest BCUT2D eigenvalue weighted by Gasteiger charge is -2.32. The molecule has 1 fully saturated rings. The number of carbonyl (C=O) groups is 2. The van der Waals surface area contributed by atoms with Crippen molar-refractivity contribution in [3.05, 3.63) is 69.9 Å². The first-order valence-corrected chi connectivity index (χ1v) is 10.3. The van der Waals surface area contributed by atoms with Gasteiger partial charge in [0.2, 0.25) is 0 Å². The topological polar surface area (TPSA) is 37.4 Å². The molecule has 0 spiro atoms. The van der Waals surface area contributed by atoms with Gasteiger partial charge in [0.15, 0.2) is 11.6 Å². The van der Waals surface area contributed by atoms with Crippen molar-refractivity contribution in [2.24, 2.45) is 5.92 Å². The molecule has 2 aromatic carbocycles. The van der Waals surface area contributed by atoms with Gasteiger partial charge in [-0.15, -0.1) is 11.3 Å². The molecule has 0 N–H and O–H groups in total. The van der Waals surface area contributed by atoms with Gasteiger partial charge in [-0.25, -0.2) is 0 Å². The first-order chi connectivity index (χ1) is 13.1. The molecule has 1 aromatic heterocycles. The van der Waals surface area contributed by atoms with Crippen LogP contribution in [0.25, 0.3) is 10.8 Å². The summed E-state index contributed by atoms with van der Waals surface area (Å²) in [5, 5.41) is 4.23. The predicted octanol–water partition coefficient (Wildman–Crippen LogP) is 5.20. The zero-order chi connectivity index (χ0) is 18.8. The van der Waals surface area contributed by atoms with Crippen molar-refractivity contribution in [3.8, 4) is 0 Å². The Labute approximate surface area is 163 Å². The normalized spacial score (nSPS) is 17.9. The molecule has 0 saturated carbocycles. The molecule has 2 heterocycles. The van der Waals surface area contributed by atoms with Gasteiger partial charge in [0.25, 0.3) is 0 Å². The van der Waals surface area contributed by atoms with Crippen molar-refractivity contribution in [1.82, 2.24) is 4.90 Å². The van der Waals surface area contributed by atoms with Crippen LogP contribution in [0.3, 0.4) is 0 Å². The fraction of sp³-hybridized carbons (Fsp3) is 0.304. The largest absolute Gasteiger partial charge is 0.298 e. The smallest absolute Gasteiger partial charge is 0.169 e. The molecule has 4 rings (SSSR count). The maximum Gasteiger partial charge on any atom is 0.169 e. The molecule has 0 amide bonds. The lowest BCUT2D eigenvalue weighted by Crippen LogP contribution is -2.38. The molecule has 0 bridgehead atoms. The minimum Gasteiger partial charge on any atom is -0.298 e. The third-order valence-electron chi connectivity index (χ3n) is 5.34. The molecule has 3 nitrogen and oxygen atoms in total. The zero-order valence-corrected chi connectivity index (χ0v) is 16.3. The molecule has 4 heteroatoms. The molecule has 27 heavy (non-hydrogen) atoms. The minimum atomic E-state index is 0.0375. The zero-order valence-electron chi connectivity index (χ0n) is 15.5. The number of hydrogen-bond donors (Lipinski definition) is 0. The number of fused-ring (bicyclic) bond motifs is 1. The van der Waals surface area contributed by atoms with E-state index in [4.69, 9.17) is 0 Å². The Hall–Kier alpha value is -2.30. The van der Waals surface area contributed by atoms with Crippen LogP contribution in [-0.4, -0.2) is 29.6 Å². The Balaban J connectivity index is 1.50. The number of carbonyl (C=O) groups excluding carboxylic acids is 2. The van der Waals surface area contributed by atoms with Crippen molar-refractivity contribution in [2.75, 3.05) is 13.1 Å². The molecule has 1 saturated heterocycles. The van der Waals surface area contributed by atoms with Gasteiger partial charge in [-0.3, -0.25) is 14.5 Å². The Kier molecular flexibility index (Phi) is 5.19. The highest BCUT2D eigenvalue weighted by Crippen LogP contribution is 2.27. The quantitative estimate of drug-likeness (QED) is 0.574. The first kappa shape index (κ1) is 18.1. The fourth-order valence-electron chi connectivity index (χ4n) is 3.97. The summed E-state index contributed by atoms with van der Waals surface area (Å²) in [4.78, 5) is 27.9. The molecule has 138 valence electrons. The van der Waals surface area contributed by atoms with Gasteiger partial charge >= 0.3 is 0 Å². The number of ketones is 2. The Morgan fingerprint density at radius 2 is 1.96 bits per heavy atom. The second-order valence-electron chi connectivity index (χ2n) is 7.34. The lowest BCUT2D eigenvalue weighted by molar-refractivity contribution is 0.0813. The van der Waals surface area contributed by atoms with E-state index >= 15 is 0 Å². The molecule has 1 aliphatic heterocycles. The highest BCUT2D eigenvalue weighted by molar-refractivity contribution is 7.12. The average molecular weight is 378 g/mol. The summed E-state index contributed by atoms with van der Waals surface area (Å²) >= 11 is 1.51. The van der Waals surface area contributed by atoms with E-state index in [0.29, 0.717) is 0 Å². The third kappa shape index (κ3) is 3.87. The molecule has 1 atom stereocenters. The van der Waals surface area contributed by atoms with Crippen LogP contribution < -0.4 is 0 Å². The van der Waals surface area contributed by atoms with E-state index in [9.17, 15) is 9.59 Å². The van der Waals surface area contributed by atoms with Crippen LogP contribution in [0.2, 0.25) is 0 Å². The Morgan fingerprint density at radius 1 is 1.15 bits per heavy atom. The SMILES string of the molecule is CC(=O)c1cc(CN2CCC[C@H](C(=O)c3cccc4ccccc34)C2)cs1. The van der Waals surface area contributed by atoms with Crippen molar-refractivity contribution in [2.45, 2.75) is 26.3 Å². The van der Waals surface area contributed by atoms with Crippen LogP contribution in [0.15, 0.2) is 53.9 Å². The summed E-state index contributed by atoms with van der Waals surface area (Å²) in [6.07, 6.45) is 1.98. The Bertz CT molecular complexity index is 985. The number of rotatable bonds is 5. The number of likely N-dealkylation sites (tertiary alicyclic amines) is 1. The number of piperidine rings is 1. The van der Waals surface area contributed by atoms with E-state index in [1.54, 1.807) is 6.92 Å². The molecular formula is C23H23NO2S. The summed E-state index contributed by atoms with van der Waals surface area (Å²) in [5.74, 6) is 0.413. The second-order valence-corrected chi connectivity index (χ2v) is 8.25. The van der Waals surface area contributed by atoms with Gasteiger partial charge in [-0.05, 0) is 54.1 Å². The predicted molar refractivity (Wildman–Crippen MR) is 111 cm³/mol. The van der Waals surface area contributed by atoms with Gasteiger partial charge in [-0.2, -0.15) is 0 Å². The highest BCUT2D eigenvalue weighted by atomic mass is 32.1. The summed E-state index contributed by atoms with van der Waals surface area (Å²) in [6.45, 7) is 4.20. The van der Waals surface area contributed by atoms with E-state index < -0.39 is 0 Å². The van der Waals surface area contributed by atoms with Crippen LogP contribution in [0.5, 0.6) is 0 Å². The van der Waals surface area contributed by atoms with Gasteiger partial charge in [0.05, 0.1) is 4.88 Å². The molecular weight excluding hydrogens is 354 g/mol. The molecule has 3 aromatic rings. The number of Topliss-reactive ketones (excluding diaryl/α,β-unsaturated/α-hetero) is 2. The van der Waals surface area contributed by atoms with Crippen LogP contribution in [0.4, 0.5) is 0 Å². The van der Waals surface area contributed by atoms with Gasteiger partial charge < -0.3 is 0 Å². The standard InChI is InChI=1S/C23H23NO2S/c1-16(25)22-12-17(15-27-22)13-24-11-5-8-19(14-24)23(26)21-10-4-7-18-6-2-3-9-20(18)21/h2-4,6-7,9-10,12,15,19H,5,8,11,13-14H2,1H3/t19-/m0/s1. The molecule has 0 unspecified atom stereocenters.